The number of imidazole rings is 1. The third-order valence-corrected chi connectivity index (χ3v) is 8.87. The van der Waals surface area contributed by atoms with Gasteiger partial charge < -0.3 is 0 Å². The van der Waals surface area contributed by atoms with Gasteiger partial charge in [-0.25, -0.2) is 0 Å². The van der Waals surface area contributed by atoms with Crippen LogP contribution < -0.4 is 4.46 Å². The van der Waals surface area contributed by atoms with E-state index in [2.05, 4.69) is 10.1 Å². The van der Waals surface area contributed by atoms with E-state index in [1.165, 1.54) is 16.2 Å². The van der Waals surface area contributed by atoms with Crippen molar-refractivity contribution in [3.05, 3.63) is 46.7 Å². The molecule has 3 heterocycles. The fourth-order valence-corrected chi connectivity index (χ4v) is 7.24. The second-order valence-electron chi connectivity index (χ2n) is 7.42. The summed E-state index contributed by atoms with van der Waals surface area (Å²) in [4.78, 5) is 19.3. The standard InChI is InChI=1S/C20H21F3N4O2SSe/c1-12-15(27-19(24-12)30-16(25-27)11-29-2)10-26-9-13(8-20(21,22)23)17(18(26)28)31-14-6-4-3-5-7-14/h3-7,13,17H,8-11H2,1-2H3/t13-,17?/m0/s1. The Hall–Kier alpha value is -1.94. The average Bonchev–Trinajstić information content (AvgIpc) is 3.30. The first-order valence-corrected chi connectivity index (χ1v) is 12.3. The van der Waals surface area contributed by atoms with Crippen LogP contribution >= 0.6 is 11.3 Å². The number of hydrogen-bond donors (Lipinski definition) is 0. The van der Waals surface area contributed by atoms with Crippen LogP contribution in [0.4, 0.5) is 13.2 Å². The molecule has 1 aliphatic heterocycles. The Morgan fingerprint density at radius 3 is 2.71 bits per heavy atom. The van der Waals surface area contributed by atoms with Crippen LogP contribution in [0.3, 0.4) is 0 Å². The van der Waals surface area contributed by atoms with Crippen molar-refractivity contribution in [2.75, 3.05) is 13.7 Å². The van der Waals surface area contributed by atoms with Gasteiger partial charge in [0.15, 0.2) is 0 Å². The monoisotopic (exact) mass is 518 g/mol. The van der Waals surface area contributed by atoms with Gasteiger partial charge in [-0.3, -0.25) is 0 Å². The Labute approximate surface area is 187 Å². The van der Waals surface area contributed by atoms with E-state index >= 15 is 0 Å². The second kappa shape index (κ2) is 8.90. The number of alkyl halides is 3. The molecule has 1 aromatic carbocycles. The molecule has 1 saturated heterocycles. The van der Waals surface area contributed by atoms with Crippen molar-refractivity contribution >= 4 is 41.6 Å². The van der Waals surface area contributed by atoms with E-state index in [0.29, 0.717) is 11.6 Å². The van der Waals surface area contributed by atoms with E-state index in [1.807, 2.05) is 37.3 Å². The third kappa shape index (κ3) is 4.95. The van der Waals surface area contributed by atoms with Gasteiger partial charge >= 0.3 is 188 Å². The van der Waals surface area contributed by atoms with Crippen LogP contribution in [-0.2, 0) is 22.7 Å². The molecule has 0 N–H and O–H groups in total. The first-order valence-electron chi connectivity index (χ1n) is 9.65. The molecule has 0 bridgehead atoms. The average molecular weight is 517 g/mol. The summed E-state index contributed by atoms with van der Waals surface area (Å²) in [6.45, 7) is 2.45. The summed E-state index contributed by atoms with van der Waals surface area (Å²) in [7, 11) is 1.58. The van der Waals surface area contributed by atoms with E-state index in [4.69, 9.17) is 4.74 Å². The van der Waals surface area contributed by atoms with Crippen molar-refractivity contribution in [1.82, 2.24) is 19.5 Å². The fourth-order valence-electron chi connectivity index (χ4n) is 3.73. The SMILES string of the molecule is COCc1nn2c(CN3C[C@H](CC(F)(F)F)C([Se]c4ccccc4)C3=O)c(C)nc2s1. The Morgan fingerprint density at radius 2 is 2.03 bits per heavy atom. The molecule has 0 saturated carbocycles. The molecule has 2 atom stereocenters. The number of hydrogen-bond acceptors (Lipinski definition) is 5. The van der Waals surface area contributed by atoms with Gasteiger partial charge in [-0.2, -0.15) is 0 Å². The molecule has 1 unspecified atom stereocenters. The molecule has 1 aliphatic rings. The summed E-state index contributed by atoms with van der Waals surface area (Å²) < 4.78 is 47.4. The molecule has 0 radical (unpaired) electrons. The fraction of sp³-hybridized carbons (Fsp3) is 0.450. The predicted octanol–water partition coefficient (Wildman–Crippen LogP) is 2.97. The third-order valence-electron chi connectivity index (χ3n) is 5.08. The zero-order chi connectivity index (χ0) is 22.2. The van der Waals surface area contributed by atoms with Crippen LogP contribution in [0.5, 0.6) is 0 Å². The van der Waals surface area contributed by atoms with Crippen LogP contribution in [0.15, 0.2) is 30.3 Å². The summed E-state index contributed by atoms with van der Waals surface area (Å²) in [6, 6.07) is 9.29. The quantitative estimate of drug-likeness (QED) is 0.453. The van der Waals surface area contributed by atoms with Gasteiger partial charge in [0.1, 0.15) is 0 Å². The molecular formula is C20H21F3N4O2SSe. The number of likely N-dealkylation sites (tertiary alicyclic amines) is 1. The number of carbonyl (C=O) groups is 1. The molecular weight excluding hydrogens is 496 g/mol. The zero-order valence-corrected chi connectivity index (χ0v) is 19.5. The Bertz CT molecular complexity index is 1070. The summed E-state index contributed by atoms with van der Waals surface area (Å²) in [5.41, 5.74) is 1.44. The molecule has 6 nitrogen and oxygen atoms in total. The number of carbonyl (C=O) groups excluding carboxylic acids is 1. The Morgan fingerprint density at radius 1 is 1.29 bits per heavy atom. The summed E-state index contributed by atoms with van der Waals surface area (Å²) >= 11 is 1.02. The molecule has 166 valence electrons. The molecule has 3 aromatic rings. The number of nitrogens with zero attached hydrogens (tertiary/aromatic N) is 4. The number of aryl methyl sites for hydroxylation is 1. The van der Waals surface area contributed by atoms with Crippen molar-refractivity contribution in [3.63, 3.8) is 0 Å². The van der Waals surface area contributed by atoms with Crippen molar-refractivity contribution < 1.29 is 22.7 Å². The predicted molar refractivity (Wildman–Crippen MR) is 111 cm³/mol. The number of fused-ring (bicyclic) bond motifs is 1. The number of amides is 1. The maximum absolute atomic E-state index is 13.2. The van der Waals surface area contributed by atoms with Gasteiger partial charge in [0.2, 0.25) is 0 Å². The number of halogens is 3. The molecule has 4 rings (SSSR count). The normalized spacial score (nSPS) is 19.6. The maximum atomic E-state index is 13.2. The van der Waals surface area contributed by atoms with Gasteiger partial charge in [0.05, 0.1) is 0 Å². The van der Waals surface area contributed by atoms with E-state index in [-0.39, 0.29) is 34.0 Å². The molecule has 1 amide bonds. The summed E-state index contributed by atoms with van der Waals surface area (Å²) in [5.74, 6) is -0.976. The van der Waals surface area contributed by atoms with Gasteiger partial charge in [-0.1, -0.05) is 0 Å². The van der Waals surface area contributed by atoms with Crippen molar-refractivity contribution in [2.45, 2.75) is 37.5 Å². The van der Waals surface area contributed by atoms with Gasteiger partial charge in [-0.15, -0.1) is 0 Å². The van der Waals surface area contributed by atoms with Crippen LogP contribution in [0.25, 0.3) is 4.96 Å². The number of ether oxygens (including phenoxy) is 1. The number of methoxy groups -OCH3 is 1. The van der Waals surface area contributed by atoms with Gasteiger partial charge in [0.25, 0.3) is 0 Å². The number of rotatable bonds is 7. The number of benzene rings is 1. The van der Waals surface area contributed by atoms with E-state index < -0.39 is 23.3 Å². The molecule has 0 spiro atoms. The molecule has 31 heavy (non-hydrogen) atoms. The van der Waals surface area contributed by atoms with Crippen LogP contribution in [-0.4, -0.2) is 60.2 Å². The summed E-state index contributed by atoms with van der Waals surface area (Å²) in [5, 5.41) is 5.24. The van der Waals surface area contributed by atoms with Crippen LogP contribution in [0, 0.1) is 12.8 Å². The Balaban J connectivity index is 1.59. The van der Waals surface area contributed by atoms with Crippen molar-refractivity contribution in [2.24, 2.45) is 5.92 Å². The summed E-state index contributed by atoms with van der Waals surface area (Å²) in [6.07, 6.45) is -5.26. The topological polar surface area (TPSA) is 59.7 Å². The van der Waals surface area contributed by atoms with E-state index in [9.17, 15) is 18.0 Å². The second-order valence-corrected chi connectivity index (χ2v) is 11.0. The molecule has 11 heteroatoms. The van der Waals surface area contributed by atoms with Crippen LogP contribution in [0.1, 0.15) is 22.8 Å². The minimum atomic E-state index is -4.31. The van der Waals surface area contributed by atoms with Crippen molar-refractivity contribution in [3.8, 4) is 0 Å². The van der Waals surface area contributed by atoms with Crippen LogP contribution in [0.2, 0.25) is 4.82 Å². The zero-order valence-electron chi connectivity index (χ0n) is 16.9. The molecule has 1 fully saturated rings. The molecule has 0 aliphatic carbocycles. The first-order chi connectivity index (χ1) is 14.7. The van der Waals surface area contributed by atoms with Gasteiger partial charge in [0, 0.05) is 0 Å². The van der Waals surface area contributed by atoms with E-state index in [0.717, 1.165) is 20.9 Å². The minimum absolute atomic E-state index is 0.0827. The van der Waals surface area contributed by atoms with Crippen molar-refractivity contribution in [1.29, 1.82) is 0 Å². The first kappa shape index (κ1) is 22.3. The Kier molecular flexibility index (Phi) is 6.39. The number of aromatic nitrogens is 3. The molecule has 2 aromatic heterocycles. The van der Waals surface area contributed by atoms with Gasteiger partial charge in [-0.05, 0) is 0 Å². The van der Waals surface area contributed by atoms with E-state index in [1.54, 1.807) is 11.6 Å².